The number of aromatic amines is 1. The van der Waals surface area contributed by atoms with Crippen molar-refractivity contribution in [3.05, 3.63) is 44.9 Å². The average molecular weight is 191 g/mol. The van der Waals surface area contributed by atoms with E-state index in [1.165, 1.54) is 12.3 Å². The van der Waals surface area contributed by atoms with E-state index in [0.29, 0.717) is 5.65 Å². The number of nitro groups is 1. The van der Waals surface area contributed by atoms with Crippen molar-refractivity contribution in [2.45, 2.75) is 0 Å². The van der Waals surface area contributed by atoms with E-state index in [0.717, 1.165) is 6.20 Å². The molecule has 0 spiro atoms. The minimum Gasteiger partial charge on any atom is -0.340 e. The van der Waals surface area contributed by atoms with Gasteiger partial charge in [-0.25, -0.2) is 4.98 Å². The molecule has 0 amide bonds. The molecule has 70 valence electrons. The first-order valence-electron chi connectivity index (χ1n) is 3.81. The van der Waals surface area contributed by atoms with Gasteiger partial charge in [-0.2, -0.15) is 0 Å². The fraction of sp³-hybridized carbons (Fsp3) is 0. The van der Waals surface area contributed by atoms with Gasteiger partial charge in [0.25, 0.3) is 5.43 Å². The van der Waals surface area contributed by atoms with Crippen LogP contribution in [0.2, 0.25) is 0 Å². The first-order valence-corrected chi connectivity index (χ1v) is 3.81. The minimum absolute atomic E-state index is 0.224. The Morgan fingerprint density at radius 3 is 3.00 bits per heavy atom. The third-order valence-electron chi connectivity index (χ3n) is 1.83. The second-order valence-corrected chi connectivity index (χ2v) is 2.66. The SMILES string of the molecule is O=c1c([N+](=O)[O-])c[nH]c2ncccc12. The molecular weight excluding hydrogens is 186 g/mol. The molecular formula is C8H5N3O3. The predicted molar refractivity (Wildman–Crippen MR) is 49.0 cm³/mol. The maximum Gasteiger partial charge on any atom is 0.332 e. The minimum atomic E-state index is -0.717. The zero-order valence-corrected chi connectivity index (χ0v) is 6.93. The molecule has 0 bridgehead atoms. The van der Waals surface area contributed by atoms with Crippen molar-refractivity contribution in [1.29, 1.82) is 0 Å². The van der Waals surface area contributed by atoms with Crippen LogP contribution in [-0.2, 0) is 0 Å². The third kappa shape index (κ3) is 1.13. The smallest absolute Gasteiger partial charge is 0.332 e. The van der Waals surface area contributed by atoms with Gasteiger partial charge in [0, 0.05) is 6.20 Å². The van der Waals surface area contributed by atoms with Gasteiger partial charge in [0.15, 0.2) is 0 Å². The molecule has 0 aliphatic carbocycles. The summed E-state index contributed by atoms with van der Waals surface area (Å²) in [6.45, 7) is 0. The van der Waals surface area contributed by atoms with Crippen molar-refractivity contribution < 1.29 is 4.92 Å². The zero-order chi connectivity index (χ0) is 10.1. The van der Waals surface area contributed by atoms with Crippen LogP contribution in [0.1, 0.15) is 0 Å². The molecule has 0 atom stereocenters. The number of rotatable bonds is 1. The number of hydrogen-bond acceptors (Lipinski definition) is 4. The molecule has 0 aliphatic heterocycles. The highest BCUT2D eigenvalue weighted by Gasteiger charge is 2.14. The third-order valence-corrected chi connectivity index (χ3v) is 1.83. The number of H-pyrrole nitrogens is 1. The number of pyridine rings is 2. The summed E-state index contributed by atoms with van der Waals surface area (Å²) >= 11 is 0. The van der Waals surface area contributed by atoms with Gasteiger partial charge in [0.2, 0.25) is 0 Å². The first-order chi connectivity index (χ1) is 6.70. The van der Waals surface area contributed by atoms with Crippen LogP contribution in [0.15, 0.2) is 29.3 Å². The fourth-order valence-corrected chi connectivity index (χ4v) is 1.18. The van der Waals surface area contributed by atoms with Gasteiger partial charge in [-0.15, -0.1) is 0 Å². The van der Waals surface area contributed by atoms with Crippen LogP contribution in [0.25, 0.3) is 11.0 Å². The Kier molecular flexibility index (Phi) is 1.74. The monoisotopic (exact) mass is 191 g/mol. The summed E-state index contributed by atoms with van der Waals surface area (Å²) < 4.78 is 0. The van der Waals surface area contributed by atoms with Gasteiger partial charge >= 0.3 is 5.69 Å². The van der Waals surface area contributed by atoms with E-state index < -0.39 is 16.0 Å². The Morgan fingerprint density at radius 1 is 1.50 bits per heavy atom. The van der Waals surface area contributed by atoms with Crippen LogP contribution >= 0.6 is 0 Å². The van der Waals surface area contributed by atoms with E-state index in [1.54, 1.807) is 6.07 Å². The van der Waals surface area contributed by atoms with Crippen molar-refractivity contribution in [2.24, 2.45) is 0 Å². The van der Waals surface area contributed by atoms with Gasteiger partial charge in [-0.3, -0.25) is 14.9 Å². The van der Waals surface area contributed by atoms with Crippen LogP contribution in [0, 0.1) is 10.1 Å². The van der Waals surface area contributed by atoms with Crippen LogP contribution in [-0.4, -0.2) is 14.9 Å². The van der Waals surface area contributed by atoms with Crippen molar-refractivity contribution in [3.8, 4) is 0 Å². The molecule has 2 rings (SSSR count). The fourth-order valence-electron chi connectivity index (χ4n) is 1.18. The highest BCUT2D eigenvalue weighted by molar-refractivity contribution is 5.76. The van der Waals surface area contributed by atoms with Crippen molar-refractivity contribution in [3.63, 3.8) is 0 Å². The first kappa shape index (κ1) is 8.36. The summed E-state index contributed by atoms with van der Waals surface area (Å²) in [4.78, 5) is 27.6. The second kappa shape index (κ2) is 2.91. The summed E-state index contributed by atoms with van der Waals surface area (Å²) in [6.07, 6.45) is 2.56. The number of fused-ring (bicyclic) bond motifs is 1. The number of hydrogen-bond donors (Lipinski definition) is 1. The topological polar surface area (TPSA) is 88.9 Å². The molecule has 0 unspecified atom stereocenters. The van der Waals surface area contributed by atoms with Crippen LogP contribution < -0.4 is 5.43 Å². The molecule has 2 heterocycles. The predicted octanol–water partition coefficient (Wildman–Crippen LogP) is 0.831. The molecule has 0 saturated carbocycles. The van der Waals surface area contributed by atoms with Gasteiger partial charge in [0.1, 0.15) is 5.65 Å². The maximum atomic E-state index is 11.5. The zero-order valence-electron chi connectivity index (χ0n) is 6.93. The van der Waals surface area contributed by atoms with E-state index in [9.17, 15) is 14.9 Å². The van der Waals surface area contributed by atoms with Crippen molar-refractivity contribution >= 4 is 16.7 Å². The standard InChI is InChI=1S/C8H5N3O3/c12-7-5-2-1-3-9-8(5)10-4-6(7)11(13)14/h1-4H,(H,9,10,12). The molecule has 0 aromatic carbocycles. The summed E-state index contributed by atoms with van der Waals surface area (Å²) in [6, 6.07) is 3.05. The summed E-state index contributed by atoms with van der Waals surface area (Å²) in [5.74, 6) is 0. The van der Waals surface area contributed by atoms with Crippen molar-refractivity contribution in [2.75, 3.05) is 0 Å². The molecule has 6 nitrogen and oxygen atoms in total. The Morgan fingerprint density at radius 2 is 2.29 bits per heavy atom. The lowest BCUT2D eigenvalue weighted by molar-refractivity contribution is -0.386. The normalized spacial score (nSPS) is 10.3. The van der Waals surface area contributed by atoms with E-state index in [2.05, 4.69) is 9.97 Å². The maximum absolute atomic E-state index is 11.5. The second-order valence-electron chi connectivity index (χ2n) is 2.66. The van der Waals surface area contributed by atoms with Crippen LogP contribution in [0.3, 0.4) is 0 Å². The highest BCUT2D eigenvalue weighted by atomic mass is 16.6. The molecule has 6 heteroatoms. The van der Waals surface area contributed by atoms with Gasteiger partial charge in [-0.05, 0) is 12.1 Å². The highest BCUT2D eigenvalue weighted by Crippen LogP contribution is 2.08. The lowest BCUT2D eigenvalue weighted by atomic mass is 10.2. The average Bonchev–Trinajstić information content (AvgIpc) is 2.18. The molecule has 0 fully saturated rings. The number of aromatic nitrogens is 2. The quantitative estimate of drug-likeness (QED) is 0.534. The lowest BCUT2D eigenvalue weighted by Gasteiger charge is -1.94. The van der Waals surface area contributed by atoms with E-state index in [4.69, 9.17) is 0 Å². The van der Waals surface area contributed by atoms with Gasteiger partial charge in [0.05, 0.1) is 16.5 Å². The molecule has 14 heavy (non-hydrogen) atoms. The summed E-state index contributed by atoms with van der Waals surface area (Å²) in [5.41, 5.74) is -0.731. The number of nitrogens with one attached hydrogen (secondary N) is 1. The van der Waals surface area contributed by atoms with Crippen LogP contribution in [0.5, 0.6) is 0 Å². The summed E-state index contributed by atoms with van der Waals surface area (Å²) in [5, 5.41) is 10.7. The summed E-state index contributed by atoms with van der Waals surface area (Å²) in [7, 11) is 0. The molecule has 0 aliphatic rings. The lowest BCUT2D eigenvalue weighted by Crippen LogP contribution is -2.09. The molecule has 0 radical (unpaired) electrons. The Labute approximate surface area is 77.4 Å². The van der Waals surface area contributed by atoms with Gasteiger partial charge < -0.3 is 4.98 Å². The molecule has 2 aromatic rings. The Hall–Kier alpha value is -2.24. The molecule has 2 aromatic heterocycles. The van der Waals surface area contributed by atoms with Crippen LogP contribution in [0.4, 0.5) is 5.69 Å². The molecule has 0 saturated heterocycles. The van der Waals surface area contributed by atoms with E-state index >= 15 is 0 Å². The molecule has 1 N–H and O–H groups in total. The van der Waals surface area contributed by atoms with E-state index in [1.807, 2.05) is 0 Å². The number of nitrogens with zero attached hydrogens (tertiary/aromatic N) is 2. The van der Waals surface area contributed by atoms with E-state index in [-0.39, 0.29) is 5.39 Å². The van der Waals surface area contributed by atoms with Crippen molar-refractivity contribution in [1.82, 2.24) is 9.97 Å². The largest absolute Gasteiger partial charge is 0.340 e. The van der Waals surface area contributed by atoms with Gasteiger partial charge in [-0.1, -0.05) is 0 Å². The Bertz CT molecular complexity index is 561. The Balaban J connectivity index is 2.89.